The largest absolute Gasteiger partial charge is 0.481 e. The molecular formula is C46H65Cl3N2O12. The van der Waals surface area contributed by atoms with Gasteiger partial charge in [0.05, 0.1) is 11.8 Å². The van der Waals surface area contributed by atoms with E-state index in [1.807, 2.05) is 6.07 Å². The molecule has 2 aromatic rings. The van der Waals surface area contributed by atoms with Gasteiger partial charge in [0.1, 0.15) is 22.6 Å². The summed E-state index contributed by atoms with van der Waals surface area (Å²) in [6.07, 6.45) is 2.42. The van der Waals surface area contributed by atoms with E-state index in [0.717, 1.165) is 25.7 Å². The summed E-state index contributed by atoms with van der Waals surface area (Å²) in [7, 11) is 3.05. The standard InChI is InChI=1S/C22H28ClNO6.C16H19Cl2NO3.C6H10O3.2CH4/c1-14(13-15(2)25)20(27)29-16(3)30-21(28)24(4)22(12-8-7-11-19(22)26)17-9-5-6-10-18(17)23;1-11(17)22-15(21)19(2)16(10-6-5-9-14(16)20)12-7-3-4-8-13(12)18;1-4(6(8)9)3-5(2)7;;/h5-6,9-10,14,16H,7-8,11-13H2,1-4H3;3-4,7-8,11H,5-6,9-10H2,1-2H3;4H,3H2,1-2H3,(H,8,9);2*1H4/t14-,16?,22+;11?,16-;4-;;/m101../s1. The molecule has 2 aromatic carbocycles. The number of rotatable bonds is 13. The van der Waals surface area contributed by atoms with E-state index in [-0.39, 0.29) is 50.8 Å². The molecule has 0 aliphatic heterocycles. The third kappa shape index (κ3) is 15.9. The molecule has 2 unspecified atom stereocenters. The molecule has 0 bridgehead atoms. The van der Waals surface area contributed by atoms with E-state index in [4.69, 9.17) is 54.1 Å². The minimum atomic E-state index is -1.24. The van der Waals surface area contributed by atoms with Crippen LogP contribution in [0.25, 0.3) is 0 Å². The van der Waals surface area contributed by atoms with Crippen LogP contribution in [0.4, 0.5) is 9.59 Å². The normalized spacial score (nSPS) is 19.7. The van der Waals surface area contributed by atoms with Crippen LogP contribution in [0.2, 0.25) is 10.0 Å². The minimum absolute atomic E-state index is 0. The third-order valence-corrected chi connectivity index (χ3v) is 11.2. The molecule has 352 valence electrons. The van der Waals surface area contributed by atoms with E-state index >= 15 is 0 Å². The summed E-state index contributed by atoms with van der Waals surface area (Å²) < 4.78 is 15.5. The Morgan fingerprint density at radius 1 is 0.651 bits per heavy atom. The van der Waals surface area contributed by atoms with Gasteiger partial charge in [0.15, 0.2) is 17.1 Å². The number of carboxylic acids is 1. The van der Waals surface area contributed by atoms with Gasteiger partial charge in [-0.1, -0.05) is 99.9 Å². The van der Waals surface area contributed by atoms with Crippen LogP contribution in [0.15, 0.2) is 48.5 Å². The summed E-state index contributed by atoms with van der Waals surface area (Å²) in [6.45, 7) is 8.82. The van der Waals surface area contributed by atoms with Gasteiger partial charge < -0.3 is 28.9 Å². The van der Waals surface area contributed by atoms with Gasteiger partial charge >= 0.3 is 24.1 Å². The molecule has 2 aliphatic rings. The number of esters is 1. The van der Waals surface area contributed by atoms with E-state index in [9.17, 15) is 38.4 Å². The first-order chi connectivity index (χ1) is 28.5. The van der Waals surface area contributed by atoms with Gasteiger partial charge in [-0.15, -0.1) is 0 Å². The number of carbonyl (C=O) groups is 8. The van der Waals surface area contributed by atoms with Crippen LogP contribution in [0.1, 0.15) is 132 Å². The zero-order valence-electron chi connectivity index (χ0n) is 36.0. The lowest BCUT2D eigenvalue weighted by Crippen LogP contribution is -2.54. The van der Waals surface area contributed by atoms with Crippen molar-refractivity contribution in [3.05, 3.63) is 69.7 Å². The first-order valence-electron chi connectivity index (χ1n) is 20.0. The highest BCUT2D eigenvalue weighted by Gasteiger charge is 2.50. The van der Waals surface area contributed by atoms with Gasteiger partial charge in [-0.3, -0.25) is 29.0 Å². The van der Waals surface area contributed by atoms with E-state index in [2.05, 4.69) is 0 Å². The quantitative estimate of drug-likeness (QED) is 0.114. The Morgan fingerprint density at radius 2 is 1.03 bits per heavy atom. The molecule has 0 spiro atoms. The number of ketones is 4. The van der Waals surface area contributed by atoms with Gasteiger partial charge in [-0.05, 0) is 71.4 Å². The highest BCUT2D eigenvalue weighted by Crippen LogP contribution is 2.44. The number of nitrogens with zero attached hydrogens (tertiary/aromatic N) is 2. The number of benzene rings is 2. The topological polar surface area (TPSA) is 191 Å². The van der Waals surface area contributed by atoms with E-state index < -0.39 is 58.9 Å². The van der Waals surface area contributed by atoms with Gasteiger partial charge in [-0.2, -0.15) is 0 Å². The summed E-state index contributed by atoms with van der Waals surface area (Å²) in [5, 5.41) is 9.14. The molecule has 1 N–H and O–H groups in total. The maximum absolute atomic E-state index is 13.0. The number of alkyl halides is 1. The average molecular weight is 944 g/mol. The van der Waals surface area contributed by atoms with Crippen molar-refractivity contribution in [1.29, 1.82) is 0 Å². The SMILES string of the molecule is C.C.CC(=O)C[C@@H](C)C(=O)O.CC(=O)C[C@@H](C)C(=O)OC(C)OC(=O)N(C)[C@]1(c2ccccc2Cl)CCCCC1=O.CC(Cl)OC(=O)N(C)[C@]1(c2ccccc2Cl)CCCCC1=O. The Balaban J connectivity index is 0.00000102. The number of halogens is 3. The number of hydrogen-bond donors (Lipinski definition) is 1. The van der Waals surface area contributed by atoms with Gasteiger partial charge in [-0.25, -0.2) is 9.59 Å². The molecule has 4 rings (SSSR count). The summed E-state index contributed by atoms with van der Waals surface area (Å²) in [5.41, 5.74) is -1.89. The molecule has 63 heavy (non-hydrogen) atoms. The fourth-order valence-electron chi connectivity index (χ4n) is 7.35. The lowest BCUT2D eigenvalue weighted by Gasteiger charge is -2.43. The maximum atomic E-state index is 13.0. The number of aliphatic carboxylic acids is 1. The number of carboxylic acid groups (broad SMARTS) is 1. The van der Waals surface area contributed by atoms with Crippen LogP contribution in [-0.4, -0.2) is 88.1 Å². The Labute approximate surface area is 387 Å². The molecule has 2 fully saturated rings. The number of Topliss-reactive ketones (excluding diaryl/α,β-unsaturated/α-hetero) is 4. The minimum Gasteiger partial charge on any atom is -0.481 e. The summed E-state index contributed by atoms with van der Waals surface area (Å²) in [4.78, 5) is 97.2. The number of amides is 2. The van der Waals surface area contributed by atoms with Crippen molar-refractivity contribution in [2.45, 2.75) is 144 Å². The highest BCUT2D eigenvalue weighted by molar-refractivity contribution is 6.32. The predicted octanol–water partition coefficient (Wildman–Crippen LogP) is 10.5. The fourth-order valence-corrected chi connectivity index (χ4v) is 8.01. The monoisotopic (exact) mass is 942 g/mol. The van der Waals surface area contributed by atoms with E-state index in [0.29, 0.717) is 46.9 Å². The van der Waals surface area contributed by atoms with Crippen molar-refractivity contribution < 1.29 is 57.7 Å². The van der Waals surface area contributed by atoms with Crippen molar-refractivity contribution in [2.75, 3.05) is 14.1 Å². The molecule has 14 nitrogen and oxygen atoms in total. The molecule has 6 atom stereocenters. The number of likely N-dealkylation sites (N-methyl/N-ethyl adjacent to an activating group) is 2. The third-order valence-electron chi connectivity index (χ3n) is 10.5. The Hall–Kier alpha value is -4.53. The summed E-state index contributed by atoms with van der Waals surface area (Å²) >= 11 is 18.4. The van der Waals surface area contributed by atoms with Gasteiger partial charge in [0.2, 0.25) is 6.29 Å². The zero-order chi connectivity index (χ0) is 46.2. The second kappa shape index (κ2) is 26.9. The van der Waals surface area contributed by atoms with Gasteiger partial charge in [0.25, 0.3) is 0 Å². The van der Waals surface area contributed by atoms with Crippen LogP contribution in [0, 0.1) is 11.8 Å². The summed E-state index contributed by atoms with van der Waals surface area (Å²) in [6, 6.07) is 14.1. The van der Waals surface area contributed by atoms with Crippen molar-refractivity contribution in [3.8, 4) is 0 Å². The van der Waals surface area contributed by atoms with Crippen LogP contribution >= 0.6 is 34.8 Å². The average Bonchev–Trinajstić information content (AvgIpc) is 3.18. The lowest BCUT2D eigenvalue weighted by molar-refractivity contribution is -0.172. The Bertz CT molecular complexity index is 1910. The van der Waals surface area contributed by atoms with Crippen molar-refractivity contribution >= 4 is 82.1 Å². The highest BCUT2D eigenvalue weighted by atomic mass is 35.5. The smallest absolute Gasteiger partial charge is 0.413 e. The molecule has 0 aromatic heterocycles. The first-order valence-corrected chi connectivity index (χ1v) is 21.2. The molecule has 2 saturated carbocycles. The van der Waals surface area contributed by atoms with E-state index in [1.54, 1.807) is 63.4 Å². The molecule has 17 heteroatoms. The van der Waals surface area contributed by atoms with Crippen molar-refractivity contribution in [2.24, 2.45) is 11.8 Å². The second-order valence-electron chi connectivity index (χ2n) is 15.3. The molecule has 2 amide bonds. The number of hydrogen-bond acceptors (Lipinski definition) is 11. The fraction of sp³-hybridized carbons (Fsp3) is 0.565. The van der Waals surface area contributed by atoms with E-state index in [1.165, 1.54) is 44.5 Å². The van der Waals surface area contributed by atoms with Crippen LogP contribution in [-0.2, 0) is 54.1 Å². The first kappa shape index (κ1) is 58.5. The van der Waals surface area contributed by atoms with Crippen molar-refractivity contribution in [1.82, 2.24) is 9.80 Å². The predicted molar refractivity (Wildman–Crippen MR) is 243 cm³/mol. The van der Waals surface area contributed by atoms with Crippen LogP contribution < -0.4 is 0 Å². The molecule has 0 radical (unpaired) electrons. The lowest BCUT2D eigenvalue weighted by atomic mass is 9.74. The zero-order valence-corrected chi connectivity index (χ0v) is 38.2. The number of ether oxygens (including phenoxy) is 3. The van der Waals surface area contributed by atoms with Crippen molar-refractivity contribution in [3.63, 3.8) is 0 Å². The molecule has 0 saturated heterocycles. The summed E-state index contributed by atoms with van der Waals surface area (Å²) in [5.74, 6) is -3.08. The van der Waals surface area contributed by atoms with Gasteiger partial charge in [0, 0.05) is 67.9 Å². The Morgan fingerprint density at radius 3 is 1.37 bits per heavy atom. The second-order valence-corrected chi connectivity index (χ2v) is 16.8. The van der Waals surface area contributed by atoms with Crippen LogP contribution in [0.3, 0.4) is 0 Å². The Kier molecular flexibility index (Phi) is 25.0. The maximum Gasteiger partial charge on any atom is 0.413 e. The molecule has 2 aliphatic carbocycles. The molecule has 0 heterocycles. The number of carbonyl (C=O) groups excluding carboxylic acids is 7. The van der Waals surface area contributed by atoms with Crippen LogP contribution in [0.5, 0.6) is 0 Å². The molecular weight excluding hydrogens is 879 g/mol.